The molecule has 0 aromatic heterocycles. The van der Waals surface area contributed by atoms with E-state index in [0.717, 1.165) is 19.5 Å². The van der Waals surface area contributed by atoms with Gasteiger partial charge >= 0.3 is 0 Å². The molecule has 0 saturated heterocycles. The van der Waals surface area contributed by atoms with Crippen LogP contribution in [0.1, 0.15) is 52.7 Å². The Hall–Kier alpha value is -0.820. The van der Waals surface area contributed by atoms with Gasteiger partial charge in [-0.15, -0.1) is 0 Å². The summed E-state index contributed by atoms with van der Waals surface area (Å²) in [6, 6.07) is 9.12. The van der Waals surface area contributed by atoms with E-state index in [1.807, 2.05) is 0 Å². The van der Waals surface area contributed by atoms with E-state index in [1.54, 1.807) is 0 Å². The molecular weight excluding hydrogens is 230 g/mol. The van der Waals surface area contributed by atoms with Crippen LogP contribution in [0.3, 0.4) is 0 Å². The first-order chi connectivity index (χ1) is 8.58. The van der Waals surface area contributed by atoms with Crippen LogP contribution >= 0.6 is 0 Å². The van der Waals surface area contributed by atoms with Crippen LogP contribution < -0.4 is 0 Å². The Balaban J connectivity index is 2.51. The minimum Gasteiger partial charge on any atom is -0.306 e. The number of hydrogen-bond acceptors (Lipinski definition) is 1. The summed E-state index contributed by atoms with van der Waals surface area (Å²) in [7, 11) is 2.22. The van der Waals surface area contributed by atoms with Crippen molar-refractivity contribution >= 4 is 0 Å². The Labute approximate surface area is 120 Å². The Morgan fingerprint density at radius 1 is 0.895 bits per heavy atom. The highest BCUT2D eigenvalue weighted by molar-refractivity contribution is 5.27. The number of hydrogen-bond donors (Lipinski definition) is 0. The fraction of sp³-hybridized carbons (Fsp3) is 0.667. The molecule has 0 aliphatic rings. The van der Waals surface area contributed by atoms with Gasteiger partial charge in [-0.05, 0) is 35.4 Å². The summed E-state index contributed by atoms with van der Waals surface area (Å²) in [5.74, 6) is 0. The van der Waals surface area contributed by atoms with Gasteiger partial charge in [-0.2, -0.15) is 0 Å². The van der Waals surface area contributed by atoms with Crippen molar-refractivity contribution in [2.45, 2.75) is 53.4 Å². The summed E-state index contributed by atoms with van der Waals surface area (Å²) in [6.07, 6.45) is 1.14. The maximum atomic E-state index is 2.43. The van der Waals surface area contributed by atoms with Gasteiger partial charge in [0.05, 0.1) is 0 Å². The van der Waals surface area contributed by atoms with E-state index >= 15 is 0 Å². The van der Waals surface area contributed by atoms with E-state index in [-0.39, 0.29) is 5.41 Å². The van der Waals surface area contributed by atoms with Crippen molar-refractivity contribution < 1.29 is 0 Å². The van der Waals surface area contributed by atoms with Crippen LogP contribution in [0.25, 0.3) is 0 Å². The highest BCUT2D eigenvalue weighted by Gasteiger charge is 2.14. The standard InChI is InChI=1S/C18H31N/c1-17(2,3)14-19(7)13-12-15-8-10-16(11-9-15)18(4,5)6/h8-11H,12-14H2,1-7H3. The molecule has 0 aliphatic carbocycles. The lowest BCUT2D eigenvalue weighted by atomic mass is 9.86. The molecule has 0 N–H and O–H groups in total. The molecule has 0 amide bonds. The third kappa shape index (κ3) is 6.24. The van der Waals surface area contributed by atoms with Crippen molar-refractivity contribution in [1.82, 2.24) is 4.90 Å². The monoisotopic (exact) mass is 261 g/mol. The third-order valence-electron chi connectivity index (χ3n) is 3.35. The zero-order chi connectivity index (χ0) is 14.7. The third-order valence-corrected chi connectivity index (χ3v) is 3.35. The normalized spacial score (nSPS) is 13.1. The molecule has 19 heavy (non-hydrogen) atoms. The van der Waals surface area contributed by atoms with Gasteiger partial charge in [0, 0.05) is 13.1 Å². The van der Waals surface area contributed by atoms with Crippen LogP contribution in [0.4, 0.5) is 0 Å². The molecule has 0 unspecified atom stereocenters. The Kier molecular flexibility index (Phi) is 5.20. The molecule has 0 heterocycles. The van der Waals surface area contributed by atoms with Gasteiger partial charge in [0.25, 0.3) is 0 Å². The lowest BCUT2D eigenvalue weighted by Gasteiger charge is -2.26. The molecule has 1 aromatic rings. The fourth-order valence-electron chi connectivity index (χ4n) is 2.38. The lowest BCUT2D eigenvalue weighted by molar-refractivity contribution is 0.229. The van der Waals surface area contributed by atoms with Crippen molar-refractivity contribution in [3.8, 4) is 0 Å². The molecule has 1 nitrogen and oxygen atoms in total. The zero-order valence-electron chi connectivity index (χ0n) is 13.9. The second-order valence-electron chi connectivity index (χ2n) is 8.00. The van der Waals surface area contributed by atoms with Crippen LogP contribution in [-0.2, 0) is 11.8 Å². The Bertz CT molecular complexity index is 376. The predicted octanol–water partition coefficient (Wildman–Crippen LogP) is 4.50. The van der Waals surface area contributed by atoms with E-state index in [9.17, 15) is 0 Å². The molecule has 1 rings (SSSR count). The minimum absolute atomic E-state index is 0.252. The maximum absolute atomic E-state index is 2.43. The van der Waals surface area contributed by atoms with Crippen molar-refractivity contribution in [1.29, 1.82) is 0 Å². The molecule has 0 bridgehead atoms. The zero-order valence-corrected chi connectivity index (χ0v) is 13.9. The van der Waals surface area contributed by atoms with Crippen molar-refractivity contribution in [3.05, 3.63) is 35.4 Å². The van der Waals surface area contributed by atoms with Gasteiger partial charge in [-0.3, -0.25) is 0 Å². The average Bonchev–Trinajstić information content (AvgIpc) is 2.23. The van der Waals surface area contributed by atoms with Gasteiger partial charge in [0.2, 0.25) is 0 Å². The molecular formula is C18H31N. The number of benzene rings is 1. The van der Waals surface area contributed by atoms with E-state index in [2.05, 4.69) is 77.8 Å². The van der Waals surface area contributed by atoms with E-state index in [0.29, 0.717) is 5.41 Å². The van der Waals surface area contributed by atoms with E-state index in [1.165, 1.54) is 11.1 Å². The molecule has 0 spiro atoms. The number of likely N-dealkylation sites (N-methyl/N-ethyl adjacent to an activating group) is 1. The smallest absolute Gasteiger partial charge is 0.00271 e. The SMILES string of the molecule is CN(CCc1ccc(C(C)(C)C)cc1)CC(C)(C)C. The second kappa shape index (κ2) is 6.09. The van der Waals surface area contributed by atoms with Crippen molar-refractivity contribution in [2.75, 3.05) is 20.1 Å². The van der Waals surface area contributed by atoms with Crippen molar-refractivity contribution in [2.24, 2.45) is 5.41 Å². The fourth-order valence-corrected chi connectivity index (χ4v) is 2.38. The molecule has 0 radical (unpaired) electrons. The topological polar surface area (TPSA) is 3.24 Å². The van der Waals surface area contributed by atoms with E-state index in [4.69, 9.17) is 0 Å². The number of nitrogens with zero attached hydrogens (tertiary/aromatic N) is 1. The summed E-state index contributed by atoms with van der Waals surface area (Å²) >= 11 is 0. The summed E-state index contributed by atoms with van der Waals surface area (Å²) in [4.78, 5) is 2.43. The van der Waals surface area contributed by atoms with Gasteiger partial charge in [0.1, 0.15) is 0 Å². The largest absolute Gasteiger partial charge is 0.306 e. The van der Waals surface area contributed by atoms with Crippen LogP contribution in [0.2, 0.25) is 0 Å². The number of rotatable bonds is 4. The molecule has 1 heteroatoms. The average molecular weight is 261 g/mol. The Morgan fingerprint density at radius 2 is 1.42 bits per heavy atom. The summed E-state index contributed by atoms with van der Waals surface area (Å²) in [6.45, 7) is 15.9. The molecule has 0 saturated carbocycles. The molecule has 108 valence electrons. The lowest BCUT2D eigenvalue weighted by Crippen LogP contribution is -2.30. The van der Waals surface area contributed by atoms with Gasteiger partial charge in [0.15, 0.2) is 0 Å². The highest BCUT2D eigenvalue weighted by Crippen LogP contribution is 2.22. The van der Waals surface area contributed by atoms with Crippen LogP contribution in [-0.4, -0.2) is 25.0 Å². The quantitative estimate of drug-likeness (QED) is 0.771. The molecule has 0 fully saturated rings. The summed E-state index contributed by atoms with van der Waals surface area (Å²) < 4.78 is 0. The first-order valence-corrected chi connectivity index (χ1v) is 7.36. The highest BCUT2D eigenvalue weighted by atomic mass is 15.1. The first kappa shape index (κ1) is 16.2. The predicted molar refractivity (Wildman–Crippen MR) is 85.8 cm³/mol. The van der Waals surface area contributed by atoms with Crippen LogP contribution in [0.5, 0.6) is 0 Å². The van der Waals surface area contributed by atoms with Crippen molar-refractivity contribution in [3.63, 3.8) is 0 Å². The Morgan fingerprint density at radius 3 is 1.84 bits per heavy atom. The van der Waals surface area contributed by atoms with Gasteiger partial charge in [-0.25, -0.2) is 0 Å². The maximum Gasteiger partial charge on any atom is 0.00271 e. The first-order valence-electron chi connectivity index (χ1n) is 7.36. The van der Waals surface area contributed by atoms with Crippen LogP contribution in [0, 0.1) is 5.41 Å². The molecule has 1 aromatic carbocycles. The summed E-state index contributed by atoms with van der Waals surface area (Å²) in [5, 5.41) is 0. The van der Waals surface area contributed by atoms with Crippen LogP contribution in [0.15, 0.2) is 24.3 Å². The van der Waals surface area contributed by atoms with Gasteiger partial charge < -0.3 is 4.90 Å². The summed E-state index contributed by atoms with van der Waals surface area (Å²) in [5.41, 5.74) is 3.49. The molecule has 0 atom stereocenters. The minimum atomic E-state index is 0.252. The second-order valence-corrected chi connectivity index (χ2v) is 8.00. The molecule has 0 aliphatic heterocycles. The van der Waals surface area contributed by atoms with Gasteiger partial charge in [-0.1, -0.05) is 65.8 Å². The van der Waals surface area contributed by atoms with E-state index < -0.39 is 0 Å².